The van der Waals surface area contributed by atoms with E-state index in [-0.39, 0.29) is 11.7 Å². The number of nitriles is 1. The van der Waals surface area contributed by atoms with Crippen molar-refractivity contribution in [1.82, 2.24) is 4.90 Å². The molecule has 1 heterocycles. The first-order valence-corrected chi connectivity index (χ1v) is 11.0. The van der Waals surface area contributed by atoms with Crippen molar-refractivity contribution in [1.29, 1.82) is 5.26 Å². The molecule has 146 valence electrons. The molecular formula is C20H20ClN3O3S. The standard InChI is InChI=1S/C20H20ClN3O3S/c21-18-2-1-3-19(12-18)23-8-10-24(11-9-23)20(25)15-28(26,27)14-17-6-4-16(13-22)5-7-17/h1-7,12H,8-11,14-15H2. The van der Waals surface area contributed by atoms with Crippen LogP contribution in [0.5, 0.6) is 0 Å². The van der Waals surface area contributed by atoms with E-state index in [1.54, 1.807) is 29.2 Å². The number of nitrogens with zero attached hydrogens (tertiary/aromatic N) is 3. The highest BCUT2D eigenvalue weighted by atomic mass is 35.5. The zero-order valence-electron chi connectivity index (χ0n) is 15.2. The molecule has 0 aromatic heterocycles. The summed E-state index contributed by atoms with van der Waals surface area (Å²) >= 11 is 6.03. The van der Waals surface area contributed by atoms with Crippen molar-refractivity contribution in [2.45, 2.75) is 5.75 Å². The Morgan fingerprint density at radius 2 is 1.75 bits per heavy atom. The predicted octanol–water partition coefficient (Wildman–Crippen LogP) is 2.48. The highest BCUT2D eigenvalue weighted by molar-refractivity contribution is 7.91. The highest BCUT2D eigenvalue weighted by Gasteiger charge is 2.25. The van der Waals surface area contributed by atoms with Crippen LogP contribution in [0.3, 0.4) is 0 Å². The van der Waals surface area contributed by atoms with Gasteiger partial charge in [-0.2, -0.15) is 5.26 Å². The average Bonchev–Trinajstić information content (AvgIpc) is 2.68. The lowest BCUT2D eigenvalue weighted by Crippen LogP contribution is -2.50. The highest BCUT2D eigenvalue weighted by Crippen LogP contribution is 2.21. The summed E-state index contributed by atoms with van der Waals surface area (Å²) in [6.45, 7) is 2.19. The van der Waals surface area contributed by atoms with E-state index in [0.29, 0.717) is 42.3 Å². The van der Waals surface area contributed by atoms with Gasteiger partial charge < -0.3 is 9.80 Å². The summed E-state index contributed by atoms with van der Waals surface area (Å²) in [6.07, 6.45) is 0. The van der Waals surface area contributed by atoms with Gasteiger partial charge in [-0.05, 0) is 35.9 Å². The molecule has 8 heteroatoms. The van der Waals surface area contributed by atoms with Crippen LogP contribution in [-0.2, 0) is 20.4 Å². The van der Waals surface area contributed by atoms with Gasteiger partial charge in [0.15, 0.2) is 9.84 Å². The molecule has 3 rings (SSSR count). The fourth-order valence-electron chi connectivity index (χ4n) is 3.15. The number of carbonyl (C=O) groups is 1. The smallest absolute Gasteiger partial charge is 0.237 e. The Labute approximate surface area is 169 Å². The number of benzene rings is 2. The van der Waals surface area contributed by atoms with Gasteiger partial charge in [0, 0.05) is 36.9 Å². The van der Waals surface area contributed by atoms with E-state index in [0.717, 1.165) is 5.69 Å². The lowest BCUT2D eigenvalue weighted by molar-refractivity contribution is -0.128. The normalized spacial score (nSPS) is 14.6. The second-order valence-corrected chi connectivity index (χ2v) is 9.19. The van der Waals surface area contributed by atoms with E-state index in [4.69, 9.17) is 16.9 Å². The lowest BCUT2D eigenvalue weighted by Gasteiger charge is -2.36. The summed E-state index contributed by atoms with van der Waals surface area (Å²) in [4.78, 5) is 16.2. The summed E-state index contributed by atoms with van der Waals surface area (Å²) in [5.41, 5.74) is 2.03. The van der Waals surface area contributed by atoms with E-state index in [2.05, 4.69) is 4.90 Å². The Bertz CT molecular complexity index is 992. The van der Waals surface area contributed by atoms with Gasteiger partial charge in [-0.3, -0.25) is 4.79 Å². The third kappa shape index (κ3) is 5.24. The maximum Gasteiger partial charge on any atom is 0.237 e. The van der Waals surface area contributed by atoms with E-state index in [1.165, 1.54) is 0 Å². The number of halogens is 1. The van der Waals surface area contributed by atoms with Gasteiger partial charge in [0.2, 0.25) is 5.91 Å². The van der Waals surface area contributed by atoms with Gasteiger partial charge in [-0.25, -0.2) is 8.42 Å². The summed E-state index contributed by atoms with van der Waals surface area (Å²) in [5, 5.41) is 9.46. The van der Waals surface area contributed by atoms with Crippen LogP contribution in [0.4, 0.5) is 5.69 Å². The van der Waals surface area contributed by atoms with Crippen molar-refractivity contribution in [3.63, 3.8) is 0 Å². The molecule has 1 saturated heterocycles. The van der Waals surface area contributed by atoms with Crippen molar-refractivity contribution in [2.75, 3.05) is 36.8 Å². The lowest BCUT2D eigenvalue weighted by atomic mass is 10.2. The van der Waals surface area contributed by atoms with Gasteiger partial charge in [0.25, 0.3) is 0 Å². The Morgan fingerprint density at radius 1 is 1.07 bits per heavy atom. The quantitative estimate of drug-likeness (QED) is 0.746. The topological polar surface area (TPSA) is 81.5 Å². The first-order valence-electron chi connectivity index (χ1n) is 8.84. The SMILES string of the molecule is N#Cc1ccc(CS(=O)(=O)CC(=O)N2CCN(c3cccc(Cl)c3)CC2)cc1. The van der Waals surface area contributed by atoms with Crippen molar-refractivity contribution >= 4 is 33.0 Å². The third-order valence-corrected chi connectivity index (χ3v) is 6.31. The molecule has 0 unspecified atom stereocenters. The molecule has 0 atom stereocenters. The number of rotatable bonds is 5. The summed E-state index contributed by atoms with van der Waals surface area (Å²) in [6, 6.07) is 15.9. The Balaban J connectivity index is 1.55. The molecule has 1 aliphatic heterocycles. The molecule has 2 aromatic carbocycles. The monoisotopic (exact) mass is 417 g/mol. The van der Waals surface area contributed by atoms with Crippen LogP contribution in [0.15, 0.2) is 48.5 Å². The number of piperazine rings is 1. The number of hydrogen-bond donors (Lipinski definition) is 0. The summed E-state index contributed by atoms with van der Waals surface area (Å²) in [5.74, 6) is -1.10. The van der Waals surface area contributed by atoms with Crippen molar-refractivity contribution < 1.29 is 13.2 Å². The van der Waals surface area contributed by atoms with Crippen molar-refractivity contribution in [3.8, 4) is 6.07 Å². The minimum absolute atomic E-state index is 0.215. The second kappa shape index (κ2) is 8.63. The van der Waals surface area contributed by atoms with Crippen LogP contribution in [0.2, 0.25) is 5.02 Å². The molecule has 0 bridgehead atoms. The second-order valence-electron chi connectivity index (χ2n) is 6.69. The molecular weight excluding hydrogens is 398 g/mol. The number of amides is 1. The summed E-state index contributed by atoms with van der Waals surface area (Å²) in [7, 11) is -3.58. The van der Waals surface area contributed by atoms with E-state index in [9.17, 15) is 13.2 Å². The van der Waals surface area contributed by atoms with Crippen molar-refractivity contribution in [2.24, 2.45) is 0 Å². The molecule has 0 saturated carbocycles. The number of carbonyl (C=O) groups excluding carboxylic acids is 1. The van der Waals surface area contributed by atoms with Crippen LogP contribution >= 0.6 is 11.6 Å². The average molecular weight is 418 g/mol. The van der Waals surface area contributed by atoms with Gasteiger partial charge in [-0.15, -0.1) is 0 Å². The Morgan fingerprint density at radius 3 is 2.36 bits per heavy atom. The van der Waals surface area contributed by atoms with Crippen LogP contribution in [-0.4, -0.2) is 51.2 Å². The van der Waals surface area contributed by atoms with Crippen LogP contribution in [0.25, 0.3) is 0 Å². The van der Waals surface area contributed by atoms with Gasteiger partial charge in [0.1, 0.15) is 5.75 Å². The number of hydrogen-bond acceptors (Lipinski definition) is 5. The molecule has 1 aliphatic rings. The number of sulfone groups is 1. The van der Waals surface area contributed by atoms with Gasteiger partial charge >= 0.3 is 0 Å². The largest absolute Gasteiger partial charge is 0.368 e. The summed E-state index contributed by atoms with van der Waals surface area (Å²) < 4.78 is 24.8. The van der Waals surface area contributed by atoms with E-state index >= 15 is 0 Å². The number of anilines is 1. The van der Waals surface area contributed by atoms with Crippen LogP contribution in [0.1, 0.15) is 11.1 Å². The predicted molar refractivity (Wildman–Crippen MR) is 109 cm³/mol. The molecule has 0 N–H and O–H groups in total. The van der Waals surface area contributed by atoms with E-state index < -0.39 is 15.6 Å². The molecule has 6 nitrogen and oxygen atoms in total. The molecule has 0 spiro atoms. The molecule has 28 heavy (non-hydrogen) atoms. The van der Waals surface area contributed by atoms with Gasteiger partial charge in [-0.1, -0.05) is 29.8 Å². The maximum absolute atomic E-state index is 12.5. The fourth-order valence-corrected chi connectivity index (χ4v) is 4.69. The first-order chi connectivity index (χ1) is 13.4. The first kappa shape index (κ1) is 20.2. The minimum Gasteiger partial charge on any atom is -0.368 e. The van der Waals surface area contributed by atoms with Crippen molar-refractivity contribution in [3.05, 3.63) is 64.7 Å². The van der Waals surface area contributed by atoms with Crippen LogP contribution in [0, 0.1) is 11.3 Å². The van der Waals surface area contributed by atoms with E-state index in [1.807, 2.05) is 30.3 Å². The molecule has 2 aromatic rings. The Hall–Kier alpha value is -2.56. The fraction of sp³-hybridized carbons (Fsp3) is 0.300. The third-order valence-electron chi connectivity index (χ3n) is 4.62. The zero-order chi connectivity index (χ0) is 20.1. The van der Waals surface area contributed by atoms with Crippen LogP contribution < -0.4 is 4.90 Å². The zero-order valence-corrected chi connectivity index (χ0v) is 16.8. The molecule has 1 fully saturated rings. The molecule has 0 aliphatic carbocycles. The molecule has 0 radical (unpaired) electrons. The minimum atomic E-state index is -3.58. The maximum atomic E-state index is 12.5. The Kier molecular flexibility index (Phi) is 6.22. The van der Waals surface area contributed by atoms with Gasteiger partial charge in [0.05, 0.1) is 17.4 Å². The molecule has 1 amide bonds.